The molecule has 0 saturated heterocycles. The van der Waals surface area contributed by atoms with Crippen LogP contribution in [-0.4, -0.2) is 32.4 Å². The van der Waals surface area contributed by atoms with Gasteiger partial charge in [-0.3, -0.25) is 0 Å². The Bertz CT molecular complexity index is 549. The molecule has 2 rings (SSSR count). The average Bonchev–Trinajstić information content (AvgIpc) is 3.26. The summed E-state index contributed by atoms with van der Waals surface area (Å²) in [4.78, 5) is 0.414. The van der Waals surface area contributed by atoms with E-state index >= 15 is 0 Å². The van der Waals surface area contributed by atoms with Crippen LogP contribution >= 0.6 is 0 Å². The molecule has 20 heavy (non-hydrogen) atoms. The van der Waals surface area contributed by atoms with Gasteiger partial charge in [0.15, 0.2) is 0 Å². The van der Waals surface area contributed by atoms with E-state index in [9.17, 15) is 8.42 Å². The summed E-state index contributed by atoms with van der Waals surface area (Å²) in [5, 5.41) is 3.22. The maximum Gasteiger partial charge on any atom is 0.243 e. The van der Waals surface area contributed by atoms with Crippen LogP contribution in [0.4, 0.5) is 0 Å². The predicted octanol–water partition coefficient (Wildman–Crippen LogP) is 2.53. The summed E-state index contributed by atoms with van der Waals surface area (Å²) in [6.07, 6.45) is 2.90. The minimum Gasteiger partial charge on any atom is -0.313 e. The van der Waals surface area contributed by atoms with E-state index in [1.807, 2.05) is 32.2 Å². The highest BCUT2D eigenvalue weighted by Crippen LogP contribution is 2.32. The molecule has 1 saturated carbocycles. The quantitative estimate of drug-likeness (QED) is 0.841. The monoisotopic (exact) mass is 296 g/mol. The first-order chi connectivity index (χ1) is 9.54. The lowest BCUT2D eigenvalue weighted by Gasteiger charge is -2.21. The fourth-order valence-electron chi connectivity index (χ4n) is 2.62. The fourth-order valence-corrected chi connectivity index (χ4v) is 4.37. The van der Waals surface area contributed by atoms with Crippen molar-refractivity contribution in [3.63, 3.8) is 0 Å². The predicted molar refractivity (Wildman–Crippen MR) is 81.1 cm³/mol. The Morgan fingerprint density at radius 2 is 2.05 bits per heavy atom. The lowest BCUT2D eigenvalue weighted by molar-refractivity contribution is 0.421. The molecule has 1 aromatic rings. The van der Waals surface area contributed by atoms with Crippen molar-refractivity contribution in [2.75, 3.05) is 13.6 Å². The molecule has 1 unspecified atom stereocenters. The Balaban J connectivity index is 2.34. The highest BCUT2D eigenvalue weighted by atomic mass is 32.2. The Morgan fingerprint density at radius 1 is 1.35 bits per heavy atom. The Morgan fingerprint density at radius 3 is 2.55 bits per heavy atom. The number of nitrogens with zero attached hydrogens (tertiary/aromatic N) is 1. The van der Waals surface area contributed by atoms with Gasteiger partial charge in [-0.25, -0.2) is 8.42 Å². The van der Waals surface area contributed by atoms with E-state index in [-0.39, 0.29) is 12.1 Å². The first-order valence-electron chi connectivity index (χ1n) is 7.33. The SMILES string of the molecule is CCC(NC)c1cccc(S(=O)(=O)N(CC)C2CC2)c1. The van der Waals surface area contributed by atoms with Gasteiger partial charge in [0.2, 0.25) is 10.0 Å². The number of nitrogens with one attached hydrogen (secondary N) is 1. The number of rotatable bonds is 7. The van der Waals surface area contributed by atoms with E-state index in [0.717, 1.165) is 24.8 Å². The molecule has 0 radical (unpaired) electrons. The normalized spacial score (nSPS) is 17.4. The second kappa shape index (κ2) is 6.24. The molecule has 1 N–H and O–H groups in total. The van der Waals surface area contributed by atoms with E-state index in [4.69, 9.17) is 0 Å². The van der Waals surface area contributed by atoms with E-state index in [0.29, 0.717) is 11.4 Å². The maximum absolute atomic E-state index is 12.7. The van der Waals surface area contributed by atoms with Crippen molar-refractivity contribution in [1.29, 1.82) is 0 Å². The zero-order chi connectivity index (χ0) is 14.8. The average molecular weight is 296 g/mol. The van der Waals surface area contributed by atoms with Crippen LogP contribution in [0.2, 0.25) is 0 Å². The fraction of sp³-hybridized carbons (Fsp3) is 0.600. The summed E-state index contributed by atoms with van der Waals surface area (Å²) < 4.78 is 27.0. The molecule has 0 aromatic heterocycles. The van der Waals surface area contributed by atoms with Crippen LogP contribution in [0, 0.1) is 0 Å². The molecule has 1 aromatic carbocycles. The molecule has 1 aliphatic carbocycles. The molecule has 5 heteroatoms. The molecule has 1 atom stereocenters. The summed E-state index contributed by atoms with van der Waals surface area (Å²) >= 11 is 0. The van der Waals surface area contributed by atoms with Crippen LogP contribution in [0.15, 0.2) is 29.2 Å². The molecule has 0 bridgehead atoms. The van der Waals surface area contributed by atoms with Crippen molar-refractivity contribution in [2.45, 2.75) is 50.1 Å². The van der Waals surface area contributed by atoms with Gasteiger partial charge in [0, 0.05) is 18.6 Å². The van der Waals surface area contributed by atoms with Gasteiger partial charge in [-0.15, -0.1) is 0 Å². The summed E-state index contributed by atoms with van der Waals surface area (Å²) in [5.74, 6) is 0. The number of benzene rings is 1. The highest BCUT2D eigenvalue weighted by Gasteiger charge is 2.36. The summed E-state index contributed by atoms with van der Waals surface area (Å²) in [6, 6.07) is 7.73. The van der Waals surface area contributed by atoms with Gasteiger partial charge in [0.1, 0.15) is 0 Å². The largest absolute Gasteiger partial charge is 0.313 e. The first-order valence-corrected chi connectivity index (χ1v) is 8.77. The van der Waals surface area contributed by atoms with Gasteiger partial charge >= 0.3 is 0 Å². The highest BCUT2D eigenvalue weighted by molar-refractivity contribution is 7.89. The van der Waals surface area contributed by atoms with Gasteiger partial charge in [0.25, 0.3) is 0 Å². The van der Waals surface area contributed by atoms with E-state index in [2.05, 4.69) is 12.2 Å². The molecular formula is C15H24N2O2S. The Hall–Kier alpha value is -0.910. The summed E-state index contributed by atoms with van der Waals surface area (Å²) in [5.41, 5.74) is 1.03. The van der Waals surface area contributed by atoms with Crippen molar-refractivity contribution in [3.8, 4) is 0 Å². The molecule has 0 spiro atoms. The van der Waals surface area contributed by atoms with Crippen LogP contribution in [-0.2, 0) is 10.0 Å². The zero-order valence-electron chi connectivity index (χ0n) is 12.5. The second-order valence-electron chi connectivity index (χ2n) is 5.26. The molecular weight excluding hydrogens is 272 g/mol. The minimum atomic E-state index is -3.35. The van der Waals surface area contributed by atoms with Gasteiger partial charge in [-0.05, 0) is 44.0 Å². The van der Waals surface area contributed by atoms with Crippen LogP contribution in [0.3, 0.4) is 0 Å². The van der Waals surface area contributed by atoms with Gasteiger partial charge in [0.05, 0.1) is 4.90 Å². The third-order valence-corrected chi connectivity index (χ3v) is 5.91. The molecule has 0 amide bonds. The molecule has 1 fully saturated rings. The third kappa shape index (κ3) is 3.05. The van der Waals surface area contributed by atoms with Gasteiger partial charge in [-0.2, -0.15) is 4.31 Å². The minimum absolute atomic E-state index is 0.196. The van der Waals surface area contributed by atoms with Crippen LogP contribution in [0.25, 0.3) is 0 Å². The standard InChI is InChI=1S/C15H24N2O2S/c1-4-15(16-3)12-7-6-8-14(11-12)20(18,19)17(5-2)13-9-10-13/h6-8,11,13,15-16H,4-5,9-10H2,1-3H3. The lowest BCUT2D eigenvalue weighted by atomic mass is 10.1. The Kier molecular flexibility index (Phi) is 4.83. The number of sulfonamides is 1. The third-order valence-electron chi connectivity index (χ3n) is 3.89. The van der Waals surface area contributed by atoms with Crippen LogP contribution in [0.5, 0.6) is 0 Å². The molecule has 4 nitrogen and oxygen atoms in total. The van der Waals surface area contributed by atoms with Gasteiger partial charge < -0.3 is 5.32 Å². The van der Waals surface area contributed by atoms with Gasteiger partial charge in [-0.1, -0.05) is 26.0 Å². The van der Waals surface area contributed by atoms with E-state index in [1.54, 1.807) is 10.4 Å². The van der Waals surface area contributed by atoms with E-state index < -0.39 is 10.0 Å². The molecule has 1 aliphatic rings. The molecule has 0 aliphatic heterocycles. The topological polar surface area (TPSA) is 49.4 Å². The zero-order valence-corrected chi connectivity index (χ0v) is 13.3. The summed E-state index contributed by atoms with van der Waals surface area (Å²) in [6.45, 7) is 4.54. The smallest absolute Gasteiger partial charge is 0.243 e. The molecule has 0 heterocycles. The maximum atomic E-state index is 12.7. The van der Waals surface area contributed by atoms with E-state index in [1.165, 1.54) is 0 Å². The van der Waals surface area contributed by atoms with Crippen LogP contribution < -0.4 is 5.32 Å². The van der Waals surface area contributed by atoms with Crippen molar-refractivity contribution in [2.24, 2.45) is 0 Å². The van der Waals surface area contributed by atoms with Crippen molar-refractivity contribution < 1.29 is 8.42 Å². The van der Waals surface area contributed by atoms with Crippen molar-refractivity contribution >= 4 is 10.0 Å². The van der Waals surface area contributed by atoms with Crippen LogP contribution in [0.1, 0.15) is 44.7 Å². The first kappa shape index (κ1) is 15.5. The lowest BCUT2D eigenvalue weighted by Crippen LogP contribution is -2.33. The molecule has 112 valence electrons. The number of hydrogen-bond acceptors (Lipinski definition) is 3. The van der Waals surface area contributed by atoms with Crippen molar-refractivity contribution in [1.82, 2.24) is 9.62 Å². The van der Waals surface area contributed by atoms with Crippen molar-refractivity contribution in [3.05, 3.63) is 29.8 Å². The Labute approximate surface area is 122 Å². The number of hydrogen-bond donors (Lipinski definition) is 1. The second-order valence-corrected chi connectivity index (χ2v) is 7.15. The summed E-state index contributed by atoms with van der Waals surface area (Å²) in [7, 11) is -1.45.